The molecule has 2 rings (SSSR count). The lowest BCUT2D eigenvalue weighted by Gasteiger charge is -2.27. The van der Waals surface area contributed by atoms with E-state index >= 15 is 0 Å². The predicted molar refractivity (Wildman–Crippen MR) is 89.2 cm³/mol. The van der Waals surface area contributed by atoms with Crippen molar-refractivity contribution in [3.8, 4) is 18.1 Å². The van der Waals surface area contributed by atoms with Gasteiger partial charge in [0, 0.05) is 0 Å². The van der Waals surface area contributed by atoms with Crippen LogP contribution in [-0.4, -0.2) is 18.8 Å². The van der Waals surface area contributed by atoms with Crippen molar-refractivity contribution in [3.63, 3.8) is 0 Å². The number of halogens is 1. The molecular formula is C18H20ClNO3. The minimum atomic E-state index is -0.760. The normalized spacial score (nSPS) is 17.3. The maximum atomic E-state index is 12.4. The van der Waals surface area contributed by atoms with E-state index in [4.69, 9.17) is 28.5 Å². The van der Waals surface area contributed by atoms with Gasteiger partial charge in [-0.1, -0.05) is 30.5 Å². The first-order valence-corrected chi connectivity index (χ1v) is 8.00. The van der Waals surface area contributed by atoms with Crippen molar-refractivity contribution in [1.82, 2.24) is 0 Å². The van der Waals surface area contributed by atoms with Gasteiger partial charge in [-0.2, -0.15) is 0 Å². The van der Waals surface area contributed by atoms with Gasteiger partial charge in [0.1, 0.15) is 5.75 Å². The Kier molecular flexibility index (Phi) is 5.68. The summed E-state index contributed by atoms with van der Waals surface area (Å²) in [6.07, 6.45) is 9.17. The highest BCUT2D eigenvalue weighted by Gasteiger charge is 2.39. The van der Waals surface area contributed by atoms with E-state index in [0.29, 0.717) is 16.3 Å². The average Bonchev–Trinajstić information content (AvgIpc) is 3.05. The van der Waals surface area contributed by atoms with Gasteiger partial charge in [-0.15, -0.1) is 6.42 Å². The number of terminal acetylenes is 1. The number of Topliss-reactive ketones (excluding diaryl/α,β-unsaturated/α-hetero) is 1. The Hall–Kier alpha value is -1.99. The van der Waals surface area contributed by atoms with Crippen LogP contribution in [0.5, 0.6) is 5.75 Å². The molecule has 1 saturated carbocycles. The highest BCUT2D eigenvalue weighted by atomic mass is 35.5. The van der Waals surface area contributed by atoms with Gasteiger partial charge in [0.05, 0.1) is 24.0 Å². The summed E-state index contributed by atoms with van der Waals surface area (Å²) in [6, 6.07) is 5.02. The largest absolute Gasteiger partial charge is 0.495 e. The molecule has 2 unspecified atom stereocenters. The first kappa shape index (κ1) is 17.4. The second-order valence-electron chi connectivity index (χ2n) is 5.85. The number of carbonyl (C=O) groups is 2. The van der Waals surface area contributed by atoms with E-state index in [0.717, 1.165) is 25.7 Å². The van der Waals surface area contributed by atoms with E-state index in [1.54, 1.807) is 18.2 Å². The Bertz CT molecular complexity index is 644. The topological polar surface area (TPSA) is 69.4 Å². The van der Waals surface area contributed by atoms with Crippen LogP contribution in [0.1, 0.15) is 37.2 Å². The van der Waals surface area contributed by atoms with Gasteiger partial charge in [-0.3, -0.25) is 9.59 Å². The Morgan fingerprint density at radius 2 is 2.04 bits per heavy atom. The van der Waals surface area contributed by atoms with Crippen LogP contribution in [0, 0.1) is 24.2 Å². The van der Waals surface area contributed by atoms with Crippen LogP contribution in [0.3, 0.4) is 0 Å². The molecule has 0 heterocycles. The molecule has 0 spiro atoms. The number of methoxy groups -OCH3 is 1. The van der Waals surface area contributed by atoms with Crippen LogP contribution in [0.2, 0.25) is 5.02 Å². The van der Waals surface area contributed by atoms with Crippen molar-refractivity contribution in [2.24, 2.45) is 17.6 Å². The molecule has 0 saturated heterocycles. The molecule has 2 atom stereocenters. The second-order valence-corrected chi connectivity index (χ2v) is 6.26. The summed E-state index contributed by atoms with van der Waals surface area (Å²) >= 11 is 6.16. The van der Waals surface area contributed by atoms with Gasteiger partial charge in [0.2, 0.25) is 11.7 Å². The lowest BCUT2D eigenvalue weighted by Crippen LogP contribution is -2.37. The van der Waals surface area contributed by atoms with Gasteiger partial charge in [-0.05, 0) is 42.4 Å². The highest BCUT2D eigenvalue weighted by Crippen LogP contribution is 2.41. The molecule has 1 aliphatic rings. The Morgan fingerprint density at radius 1 is 1.39 bits per heavy atom. The number of hydrogen-bond donors (Lipinski definition) is 1. The third-order valence-corrected chi connectivity index (χ3v) is 4.85. The molecule has 2 N–H and O–H groups in total. The highest BCUT2D eigenvalue weighted by molar-refractivity contribution is 6.32. The molecule has 5 heteroatoms. The van der Waals surface area contributed by atoms with Crippen LogP contribution >= 0.6 is 11.6 Å². The molecule has 4 nitrogen and oxygen atoms in total. The maximum Gasteiger partial charge on any atom is 0.221 e. The number of benzene rings is 1. The van der Waals surface area contributed by atoms with Gasteiger partial charge >= 0.3 is 0 Å². The minimum Gasteiger partial charge on any atom is -0.495 e. The minimum absolute atomic E-state index is 0.0793. The van der Waals surface area contributed by atoms with Crippen LogP contribution in [0.25, 0.3) is 0 Å². The van der Waals surface area contributed by atoms with E-state index < -0.39 is 23.5 Å². The van der Waals surface area contributed by atoms with E-state index in [1.807, 2.05) is 0 Å². The summed E-state index contributed by atoms with van der Waals surface area (Å²) in [5, 5.41) is 0.370. The number of ether oxygens (including phenoxy) is 1. The zero-order valence-corrected chi connectivity index (χ0v) is 13.8. The van der Waals surface area contributed by atoms with Crippen molar-refractivity contribution in [2.45, 2.75) is 31.6 Å². The first-order chi connectivity index (χ1) is 11.0. The molecule has 122 valence electrons. The van der Waals surface area contributed by atoms with Gasteiger partial charge < -0.3 is 10.5 Å². The van der Waals surface area contributed by atoms with Crippen molar-refractivity contribution in [3.05, 3.63) is 28.8 Å². The second kappa shape index (κ2) is 7.52. The summed E-state index contributed by atoms with van der Waals surface area (Å²) in [4.78, 5) is 24.4. The molecule has 1 fully saturated rings. The van der Waals surface area contributed by atoms with Crippen LogP contribution in [0.4, 0.5) is 0 Å². The molecule has 0 aromatic heterocycles. The van der Waals surface area contributed by atoms with E-state index in [9.17, 15) is 9.59 Å². The molecule has 1 aromatic rings. The Labute approximate surface area is 141 Å². The summed E-state index contributed by atoms with van der Waals surface area (Å²) < 4.78 is 5.13. The monoisotopic (exact) mass is 333 g/mol. The van der Waals surface area contributed by atoms with Gasteiger partial charge in [-0.25, -0.2) is 0 Å². The molecular weight excluding hydrogens is 314 g/mol. The molecule has 1 amide bonds. The number of nitrogens with two attached hydrogens (primary N) is 1. The zero-order valence-electron chi connectivity index (χ0n) is 13.0. The van der Waals surface area contributed by atoms with Crippen molar-refractivity contribution in [2.75, 3.05) is 7.11 Å². The van der Waals surface area contributed by atoms with Crippen LogP contribution < -0.4 is 10.5 Å². The first-order valence-electron chi connectivity index (χ1n) is 7.62. The fourth-order valence-electron chi connectivity index (χ4n) is 3.47. The third kappa shape index (κ3) is 3.68. The summed E-state index contributed by atoms with van der Waals surface area (Å²) in [7, 11) is 1.51. The van der Waals surface area contributed by atoms with Crippen LogP contribution in [-0.2, 0) is 9.59 Å². The number of rotatable bonds is 6. The summed E-state index contributed by atoms with van der Waals surface area (Å²) in [6.45, 7) is 0. The van der Waals surface area contributed by atoms with Crippen molar-refractivity contribution >= 4 is 23.3 Å². The quantitative estimate of drug-likeness (QED) is 0.642. The van der Waals surface area contributed by atoms with Crippen LogP contribution in [0.15, 0.2) is 18.2 Å². The summed E-state index contributed by atoms with van der Waals surface area (Å²) in [5.41, 5.74) is 6.23. The van der Waals surface area contributed by atoms with Crippen molar-refractivity contribution < 1.29 is 14.3 Å². The molecule has 0 bridgehead atoms. The fourth-order valence-corrected chi connectivity index (χ4v) is 3.74. The van der Waals surface area contributed by atoms with Gasteiger partial charge in [0.15, 0.2) is 0 Å². The molecule has 1 aromatic carbocycles. The number of carbonyl (C=O) groups excluding carboxylic acids is 2. The van der Waals surface area contributed by atoms with E-state index in [1.165, 1.54) is 7.11 Å². The fraction of sp³-hybridized carbons (Fsp3) is 0.444. The summed E-state index contributed by atoms with van der Waals surface area (Å²) in [5.74, 6) is 0.430. The molecule has 1 aliphatic carbocycles. The number of amides is 1. The average molecular weight is 334 g/mol. The number of hydrogen-bond acceptors (Lipinski definition) is 3. The Morgan fingerprint density at radius 3 is 2.52 bits per heavy atom. The lowest BCUT2D eigenvalue weighted by molar-refractivity contribution is -0.128. The Balaban J connectivity index is 2.47. The molecule has 0 radical (unpaired) electrons. The maximum absolute atomic E-state index is 12.4. The zero-order chi connectivity index (χ0) is 17.0. The lowest BCUT2D eigenvalue weighted by atomic mass is 9.74. The predicted octanol–water partition coefficient (Wildman–Crippen LogP) is 2.93. The standard InChI is InChI=1S/C18H20ClNO3/c1-3-14(21)16(12-8-9-15(23-2)13(19)10-12)17(18(20)22)11-6-4-5-7-11/h1,8-11,16-17H,4-7H2,2H3,(H2,20,22). The SMILES string of the molecule is C#CC(=O)C(c1ccc(OC)c(Cl)c1)C(C(N)=O)C1CCCC1. The molecule has 0 aliphatic heterocycles. The van der Waals surface area contributed by atoms with E-state index in [2.05, 4.69) is 5.92 Å². The van der Waals surface area contributed by atoms with Gasteiger partial charge in [0.25, 0.3) is 0 Å². The number of primary amides is 1. The van der Waals surface area contributed by atoms with E-state index in [-0.39, 0.29) is 5.92 Å². The number of ketones is 1. The third-order valence-electron chi connectivity index (χ3n) is 4.56. The van der Waals surface area contributed by atoms with Crippen molar-refractivity contribution in [1.29, 1.82) is 0 Å². The molecule has 23 heavy (non-hydrogen) atoms. The smallest absolute Gasteiger partial charge is 0.221 e.